The maximum absolute atomic E-state index is 3.61. The summed E-state index contributed by atoms with van der Waals surface area (Å²) < 4.78 is 0. The van der Waals surface area contributed by atoms with Crippen LogP contribution in [0.5, 0.6) is 0 Å². The average molecular weight is 168 g/mol. The predicted octanol–water partition coefficient (Wildman–Crippen LogP) is 1.92. The third-order valence-corrected chi connectivity index (χ3v) is 3.09. The van der Waals surface area contributed by atoms with Crippen molar-refractivity contribution in [1.82, 2.24) is 10.4 Å². The van der Waals surface area contributed by atoms with Crippen LogP contribution in [0.3, 0.4) is 0 Å². The highest BCUT2D eigenvalue weighted by molar-refractivity contribution is 4.82. The van der Waals surface area contributed by atoms with E-state index in [2.05, 4.69) is 17.5 Å². The SMILES string of the molecule is CN(NC1CCCCC1)C1CC1. The lowest BCUT2D eigenvalue weighted by atomic mass is 9.96. The quantitative estimate of drug-likeness (QED) is 0.648. The third-order valence-electron chi connectivity index (χ3n) is 3.09. The van der Waals surface area contributed by atoms with Gasteiger partial charge in [0.2, 0.25) is 0 Å². The first-order valence-corrected chi connectivity index (χ1v) is 5.35. The molecule has 0 atom stereocenters. The number of nitrogens with one attached hydrogen (secondary N) is 1. The Morgan fingerprint density at radius 1 is 1.00 bits per heavy atom. The van der Waals surface area contributed by atoms with E-state index in [9.17, 15) is 0 Å². The van der Waals surface area contributed by atoms with Crippen LogP contribution in [0.25, 0.3) is 0 Å². The molecular formula is C10H20N2. The van der Waals surface area contributed by atoms with E-state index in [4.69, 9.17) is 0 Å². The van der Waals surface area contributed by atoms with E-state index in [1.54, 1.807) is 0 Å². The van der Waals surface area contributed by atoms with Crippen LogP contribution in [0.4, 0.5) is 0 Å². The van der Waals surface area contributed by atoms with Crippen molar-refractivity contribution in [1.29, 1.82) is 0 Å². The predicted molar refractivity (Wildman–Crippen MR) is 50.8 cm³/mol. The van der Waals surface area contributed by atoms with E-state index in [0.29, 0.717) is 0 Å². The highest BCUT2D eigenvalue weighted by Gasteiger charge is 2.27. The molecule has 0 spiro atoms. The van der Waals surface area contributed by atoms with Gasteiger partial charge in [0.05, 0.1) is 0 Å². The van der Waals surface area contributed by atoms with Crippen LogP contribution in [0.15, 0.2) is 0 Å². The smallest absolute Gasteiger partial charge is 0.0241 e. The van der Waals surface area contributed by atoms with E-state index < -0.39 is 0 Å². The molecule has 2 fully saturated rings. The molecule has 0 aliphatic heterocycles. The third kappa shape index (κ3) is 2.20. The Morgan fingerprint density at radius 3 is 2.25 bits per heavy atom. The lowest BCUT2D eigenvalue weighted by Crippen LogP contribution is -2.44. The molecule has 0 radical (unpaired) electrons. The largest absolute Gasteiger partial charge is 0.252 e. The lowest BCUT2D eigenvalue weighted by molar-refractivity contribution is 0.164. The molecule has 12 heavy (non-hydrogen) atoms. The molecule has 2 heteroatoms. The molecule has 0 amide bonds. The minimum atomic E-state index is 0.782. The van der Waals surface area contributed by atoms with Crippen molar-refractivity contribution < 1.29 is 0 Å². The Hall–Kier alpha value is -0.0800. The summed E-state index contributed by atoms with van der Waals surface area (Å²) in [5.41, 5.74) is 3.61. The Morgan fingerprint density at radius 2 is 1.67 bits per heavy atom. The second-order valence-corrected chi connectivity index (χ2v) is 4.31. The minimum Gasteiger partial charge on any atom is -0.252 e. The highest BCUT2D eigenvalue weighted by Crippen LogP contribution is 2.25. The average Bonchev–Trinajstić information content (AvgIpc) is 2.88. The maximum atomic E-state index is 3.61. The van der Waals surface area contributed by atoms with Gasteiger partial charge in [-0.1, -0.05) is 19.3 Å². The summed E-state index contributed by atoms with van der Waals surface area (Å²) in [6, 6.07) is 1.64. The zero-order chi connectivity index (χ0) is 8.39. The fourth-order valence-electron chi connectivity index (χ4n) is 2.09. The first kappa shape index (κ1) is 8.52. The van der Waals surface area contributed by atoms with Crippen LogP contribution in [0, 0.1) is 0 Å². The normalized spacial score (nSPS) is 26.5. The van der Waals surface area contributed by atoms with Gasteiger partial charge >= 0.3 is 0 Å². The lowest BCUT2D eigenvalue weighted by Gasteiger charge is -2.28. The van der Waals surface area contributed by atoms with Gasteiger partial charge in [0.1, 0.15) is 0 Å². The fraction of sp³-hybridized carbons (Fsp3) is 1.00. The van der Waals surface area contributed by atoms with Gasteiger partial charge in [-0.3, -0.25) is 5.43 Å². The molecule has 0 heterocycles. The van der Waals surface area contributed by atoms with Crippen LogP contribution in [-0.2, 0) is 0 Å². The Balaban J connectivity index is 1.69. The molecule has 0 aromatic rings. The molecule has 2 rings (SSSR count). The summed E-state index contributed by atoms with van der Waals surface area (Å²) >= 11 is 0. The second-order valence-electron chi connectivity index (χ2n) is 4.31. The summed E-state index contributed by atoms with van der Waals surface area (Å²) in [5.74, 6) is 0. The van der Waals surface area contributed by atoms with Crippen molar-refractivity contribution >= 4 is 0 Å². The molecule has 0 bridgehead atoms. The van der Waals surface area contributed by atoms with Crippen LogP contribution in [0.2, 0.25) is 0 Å². The summed E-state index contributed by atoms with van der Waals surface area (Å²) in [6.45, 7) is 0. The van der Waals surface area contributed by atoms with Crippen LogP contribution in [0.1, 0.15) is 44.9 Å². The van der Waals surface area contributed by atoms with Crippen LogP contribution >= 0.6 is 0 Å². The number of rotatable bonds is 3. The van der Waals surface area contributed by atoms with Gasteiger partial charge in [-0.25, -0.2) is 5.01 Å². The van der Waals surface area contributed by atoms with Gasteiger partial charge < -0.3 is 0 Å². The molecule has 2 aliphatic carbocycles. The van der Waals surface area contributed by atoms with Crippen molar-refractivity contribution in [3.8, 4) is 0 Å². The molecule has 70 valence electrons. The molecule has 0 unspecified atom stereocenters. The Labute approximate surface area is 75.3 Å². The van der Waals surface area contributed by atoms with Gasteiger partial charge in [0.25, 0.3) is 0 Å². The zero-order valence-corrected chi connectivity index (χ0v) is 8.05. The van der Waals surface area contributed by atoms with E-state index >= 15 is 0 Å². The van der Waals surface area contributed by atoms with E-state index in [-0.39, 0.29) is 0 Å². The Kier molecular flexibility index (Phi) is 2.66. The van der Waals surface area contributed by atoms with Crippen molar-refractivity contribution in [2.45, 2.75) is 57.0 Å². The van der Waals surface area contributed by atoms with E-state index in [1.165, 1.54) is 44.9 Å². The van der Waals surface area contributed by atoms with Crippen LogP contribution < -0.4 is 5.43 Å². The summed E-state index contributed by atoms with van der Waals surface area (Å²) in [4.78, 5) is 0. The van der Waals surface area contributed by atoms with E-state index in [1.807, 2.05) is 0 Å². The standard InChI is InChI=1S/C10H20N2/c1-12(10-7-8-10)11-9-5-3-2-4-6-9/h9-11H,2-8H2,1H3. The fourth-order valence-corrected chi connectivity index (χ4v) is 2.09. The summed E-state index contributed by atoms with van der Waals surface area (Å²) in [6.07, 6.45) is 9.87. The number of hydrazine groups is 1. The van der Waals surface area contributed by atoms with Gasteiger partial charge in [0.15, 0.2) is 0 Å². The summed E-state index contributed by atoms with van der Waals surface area (Å²) in [5, 5.41) is 2.34. The van der Waals surface area contributed by atoms with Crippen molar-refractivity contribution in [2.24, 2.45) is 0 Å². The molecule has 2 aliphatic rings. The van der Waals surface area contributed by atoms with Gasteiger partial charge in [-0.05, 0) is 25.7 Å². The molecular weight excluding hydrogens is 148 g/mol. The van der Waals surface area contributed by atoms with Crippen LogP contribution in [-0.4, -0.2) is 24.1 Å². The molecule has 0 aromatic carbocycles. The molecule has 1 N–H and O–H groups in total. The second kappa shape index (κ2) is 3.75. The number of hydrogen-bond donors (Lipinski definition) is 1. The highest BCUT2D eigenvalue weighted by atomic mass is 15.5. The van der Waals surface area contributed by atoms with Crippen molar-refractivity contribution in [3.63, 3.8) is 0 Å². The number of nitrogens with zero attached hydrogens (tertiary/aromatic N) is 1. The first-order chi connectivity index (χ1) is 5.86. The van der Waals surface area contributed by atoms with Gasteiger partial charge in [-0.15, -0.1) is 0 Å². The Bertz CT molecular complexity index is 137. The summed E-state index contributed by atoms with van der Waals surface area (Å²) in [7, 11) is 2.20. The molecule has 2 nitrogen and oxygen atoms in total. The topological polar surface area (TPSA) is 15.3 Å². The van der Waals surface area contributed by atoms with Gasteiger partial charge in [-0.2, -0.15) is 0 Å². The molecule has 0 aromatic heterocycles. The van der Waals surface area contributed by atoms with E-state index in [0.717, 1.165) is 12.1 Å². The van der Waals surface area contributed by atoms with Crippen molar-refractivity contribution in [2.75, 3.05) is 7.05 Å². The monoisotopic (exact) mass is 168 g/mol. The minimum absolute atomic E-state index is 0.782. The first-order valence-electron chi connectivity index (χ1n) is 5.35. The molecule has 0 saturated heterocycles. The zero-order valence-electron chi connectivity index (χ0n) is 8.05. The number of hydrogen-bond acceptors (Lipinski definition) is 2. The van der Waals surface area contributed by atoms with Gasteiger partial charge in [0, 0.05) is 19.1 Å². The maximum Gasteiger partial charge on any atom is 0.0241 e. The molecule has 2 saturated carbocycles. The van der Waals surface area contributed by atoms with Crippen molar-refractivity contribution in [3.05, 3.63) is 0 Å².